The summed E-state index contributed by atoms with van der Waals surface area (Å²) in [7, 11) is 0. The van der Waals surface area contributed by atoms with Crippen LogP contribution >= 0.6 is 11.6 Å². The lowest BCUT2D eigenvalue weighted by Crippen LogP contribution is -2.16. The van der Waals surface area contributed by atoms with E-state index in [1.165, 1.54) is 4.52 Å². The molecule has 0 aliphatic rings. The van der Waals surface area contributed by atoms with Crippen LogP contribution in [0, 0.1) is 6.92 Å². The van der Waals surface area contributed by atoms with Gasteiger partial charge in [-0.1, -0.05) is 41.9 Å². The van der Waals surface area contributed by atoms with E-state index in [1.54, 1.807) is 13.1 Å². The van der Waals surface area contributed by atoms with Crippen molar-refractivity contribution in [1.82, 2.24) is 14.6 Å². The van der Waals surface area contributed by atoms with Gasteiger partial charge in [-0.2, -0.15) is 4.52 Å². The topological polar surface area (TPSA) is 50.2 Å². The van der Waals surface area contributed by atoms with Crippen molar-refractivity contribution in [3.05, 3.63) is 57.6 Å². The van der Waals surface area contributed by atoms with Gasteiger partial charge in [0.05, 0.1) is 5.69 Å². The van der Waals surface area contributed by atoms with E-state index in [2.05, 4.69) is 10.1 Å². The highest BCUT2D eigenvalue weighted by atomic mass is 35.5. The number of hydrogen-bond donors (Lipinski definition) is 1. The maximum Gasteiger partial charge on any atom is 0.291 e. The molecule has 0 saturated heterocycles. The molecule has 0 atom stereocenters. The van der Waals surface area contributed by atoms with Crippen LogP contribution < -0.4 is 5.56 Å². The maximum absolute atomic E-state index is 12.0. The first kappa shape index (κ1) is 11.0. The molecule has 0 fully saturated rings. The normalized spacial score (nSPS) is 11.0. The number of rotatable bonds is 1. The molecule has 0 saturated carbocycles. The monoisotopic (exact) mass is 259 g/mol. The Hall–Kier alpha value is -2.07. The van der Waals surface area contributed by atoms with E-state index in [4.69, 9.17) is 11.6 Å². The number of aromatic nitrogens is 3. The Labute approximate surface area is 108 Å². The van der Waals surface area contributed by atoms with Gasteiger partial charge in [-0.15, -0.1) is 0 Å². The molecule has 0 aliphatic heterocycles. The van der Waals surface area contributed by atoms with Gasteiger partial charge in [-0.25, -0.2) is 4.98 Å². The third kappa shape index (κ3) is 1.54. The van der Waals surface area contributed by atoms with Crippen molar-refractivity contribution < 1.29 is 0 Å². The Morgan fingerprint density at radius 2 is 2.00 bits per heavy atom. The Morgan fingerprint density at radius 1 is 1.28 bits per heavy atom. The molecule has 2 aromatic heterocycles. The van der Waals surface area contributed by atoms with Gasteiger partial charge in [-0.3, -0.25) is 9.89 Å². The van der Waals surface area contributed by atoms with Gasteiger partial charge in [0, 0.05) is 11.8 Å². The van der Waals surface area contributed by atoms with Crippen LogP contribution in [0.1, 0.15) is 5.69 Å². The number of nitrogens with zero attached hydrogens (tertiary/aromatic N) is 2. The van der Waals surface area contributed by atoms with Crippen molar-refractivity contribution in [3.63, 3.8) is 0 Å². The fourth-order valence-corrected chi connectivity index (χ4v) is 2.06. The summed E-state index contributed by atoms with van der Waals surface area (Å²) in [6.07, 6.45) is 1.76. The predicted molar refractivity (Wildman–Crippen MR) is 71.0 cm³/mol. The number of nitrogens with one attached hydrogen (secondary N) is 1. The van der Waals surface area contributed by atoms with E-state index in [-0.39, 0.29) is 10.6 Å². The number of benzene rings is 1. The number of H-pyrrole nitrogens is 1. The zero-order valence-electron chi connectivity index (χ0n) is 9.64. The quantitative estimate of drug-likeness (QED) is 0.730. The van der Waals surface area contributed by atoms with E-state index in [0.717, 1.165) is 11.1 Å². The second-order valence-corrected chi connectivity index (χ2v) is 4.41. The summed E-state index contributed by atoms with van der Waals surface area (Å²) in [6.45, 7) is 1.73. The Bertz CT molecular complexity index is 774. The number of fused-ring (bicyclic) bond motifs is 1. The average Bonchev–Trinajstić information content (AvgIpc) is 2.81. The molecular weight excluding hydrogens is 250 g/mol. The molecule has 90 valence electrons. The van der Waals surface area contributed by atoms with Crippen LogP contribution in [0.2, 0.25) is 5.02 Å². The lowest BCUT2D eigenvalue weighted by Gasteiger charge is -2.01. The third-order valence-electron chi connectivity index (χ3n) is 2.86. The molecule has 0 spiro atoms. The minimum atomic E-state index is -0.277. The van der Waals surface area contributed by atoms with E-state index < -0.39 is 0 Å². The molecular formula is C13H10ClN3O. The molecule has 0 amide bonds. The highest BCUT2D eigenvalue weighted by Crippen LogP contribution is 2.23. The van der Waals surface area contributed by atoms with Crippen LogP contribution in [0.5, 0.6) is 0 Å². The summed E-state index contributed by atoms with van der Waals surface area (Å²) in [5.74, 6) is 0. The molecule has 0 radical (unpaired) electrons. The SMILES string of the molecule is Cc1nc2c(-c3ccccc3)c[nH]n2c(=O)c1Cl. The van der Waals surface area contributed by atoms with E-state index >= 15 is 0 Å². The summed E-state index contributed by atoms with van der Waals surface area (Å²) in [5.41, 5.74) is 2.74. The fraction of sp³-hybridized carbons (Fsp3) is 0.0769. The van der Waals surface area contributed by atoms with Gasteiger partial charge in [0.1, 0.15) is 5.02 Å². The van der Waals surface area contributed by atoms with E-state index in [9.17, 15) is 4.79 Å². The van der Waals surface area contributed by atoms with Crippen LogP contribution in [-0.4, -0.2) is 14.6 Å². The highest BCUT2D eigenvalue weighted by molar-refractivity contribution is 6.31. The van der Waals surface area contributed by atoms with Crippen LogP contribution in [0.15, 0.2) is 41.3 Å². The summed E-state index contributed by atoms with van der Waals surface area (Å²) >= 11 is 5.90. The first-order valence-corrected chi connectivity index (χ1v) is 5.88. The van der Waals surface area contributed by atoms with Gasteiger partial charge in [0.2, 0.25) is 0 Å². The molecule has 0 aliphatic carbocycles. The van der Waals surface area contributed by atoms with Gasteiger partial charge < -0.3 is 0 Å². The first-order chi connectivity index (χ1) is 8.68. The molecule has 3 rings (SSSR count). The molecule has 5 heteroatoms. The molecule has 2 heterocycles. The predicted octanol–water partition coefficient (Wildman–Crippen LogP) is 2.65. The molecule has 4 nitrogen and oxygen atoms in total. The Kier molecular flexibility index (Phi) is 2.45. The van der Waals surface area contributed by atoms with Crippen LogP contribution in [-0.2, 0) is 0 Å². The standard InChI is InChI=1S/C13H10ClN3O/c1-8-11(14)13(18)17-12(16-8)10(7-15-17)9-5-3-2-4-6-9/h2-7,15H,1H3. The van der Waals surface area contributed by atoms with Gasteiger partial charge in [0.15, 0.2) is 5.65 Å². The molecule has 1 N–H and O–H groups in total. The first-order valence-electron chi connectivity index (χ1n) is 5.50. The number of aromatic amines is 1. The summed E-state index contributed by atoms with van der Waals surface area (Å²) in [4.78, 5) is 16.3. The van der Waals surface area contributed by atoms with Crippen LogP contribution in [0.4, 0.5) is 0 Å². The van der Waals surface area contributed by atoms with Crippen molar-refractivity contribution in [2.24, 2.45) is 0 Å². The van der Waals surface area contributed by atoms with Crippen LogP contribution in [0.25, 0.3) is 16.8 Å². The molecule has 0 unspecified atom stereocenters. The van der Waals surface area contributed by atoms with Gasteiger partial charge in [-0.05, 0) is 12.5 Å². The minimum Gasteiger partial charge on any atom is -0.296 e. The molecule has 3 aromatic rings. The lowest BCUT2D eigenvalue weighted by atomic mass is 10.1. The zero-order chi connectivity index (χ0) is 12.7. The Balaban J connectivity index is 2.38. The number of aryl methyl sites for hydroxylation is 1. The van der Waals surface area contributed by atoms with Gasteiger partial charge in [0.25, 0.3) is 5.56 Å². The van der Waals surface area contributed by atoms with Crippen molar-refractivity contribution in [2.45, 2.75) is 6.92 Å². The molecule has 1 aromatic carbocycles. The smallest absolute Gasteiger partial charge is 0.291 e. The van der Waals surface area contributed by atoms with Crippen LogP contribution in [0.3, 0.4) is 0 Å². The third-order valence-corrected chi connectivity index (χ3v) is 3.29. The summed E-state index contributed by atoms with van der Waals surface area (Å²) in [5, 5.41) is 3.03. The van der Waals surface area contributed by atoms with Crippen molar-refractivity contribution in [3.8, 4) is 11.1 Å². The number of halogens is 1. The fourth-order valence-electron chi connectivity index (χ4n) is 1.93. The maximum atomic E-state index is 12.0. The van der Waals surface area contributed by atoms with Gasteiger partial charge >= 0.3 is 0 Å². The van der Waals surface area contributed by atoms with E-state index in [1.807, 2.05) is 30.3 Å². The molecule has 0 bridgehead atoms. The summed E-state index contributed by atoms with van der Waals surface area (Å²) < 4.78 is 1.36. The Morgan fingerprint density at radius 3 is 2.72 bits per heavy atom. The minimum absolute atomic E-state index is 0.147. The van der Waals surface area contributed by atoms with E-state index in [0.29, 0.717) is 11.3 Å². The van der Waals surface area contributed by atoms with Crippen molar-refractivity contribution >= 4 is 17.2 Å². The van der Waals surface area contributed by atoms with Crippen molar-refractivity contribution in [1.29, 1.82) is 0 Å². The lowest BCUT2D eigenvalue weighted by molar-refractivity contribution is 0.890. The summed E-state index contributed by atoms with van der Waals surface area (Å²) in [6, 6.07) is 9.78. The second-order valence-electron chi connectivity index (χ2n) is 4.03. The zero-order valence-corrected chi connectivity index (χ0v) is 10.4. The molecule has 18 heavy (non-hydrogen) atoms. The largest absolute Gasteiger partial charge is 0.296 e. The van der Waals surface area contributed by atoms with Crippen molar-refractivity contribution in [2.75, 3.05) is 0 Å². The highest BCUT2D eigenvalue weighted by Gasteiger charge is 2.12. The average molecular weight is 260 g/mol. The number of hydrogen-bond acceptors (Lipinski definition) is 2. The second kappa shape index (κ2) is 3.99.